The molecule has 0 atom stereocenters. The maximum absolute atomic E-state index is 13.0. The molecule has 0 aliphatic heterocycles. The first-order valence-electron chi connectivity index (χ1n) is 3.91. The molecule has 0 fully saturated rings. The molecule has 17 heavy (non-hydrogen) atoms. The quantitative estimate of drug-likeness (QED) is 0.509. The van der Waals surface area contributed by atoms with E-state index >= 15 is 0 Å². The molecule has 0 heterocycles. The predicted molar refractivity (Wildman–Crippen MR) is 53.8 cm³/mol. The van der Waals surface area contributed by atoms with Crippen LogP contribution in [0.5, 0.6) is 0 Å². The molecule has 1 rings (SSSR count). The van der Waals surface area contributed by atoms with Gasteiger partial charge in [0.15, 0.2) is 0 Å². The second kappa shape index (κ2) is 5.66. The first-order chi connectivity index (χ1) is 7.11. The van der Waals surface area contributed by atoms with Crippen molar-refractivity contribution >= 4 is 39.7 Å². The van der Waals surface area contributed by atoms with Gasteiger partial charge in [-0.15, -0.1) is 0 Å². The van der Waals surface area contributed by atoms with Crippen LogP contribution in [0, 0.1) is 5.82 Å². The summed E-state index contributed by atoms with van der Waals surface area (Å²) in [6, 6.07) is 2.05. The second-order valence-electron chi connectivity index (χ2n) is 2.99. The van der Waals surface area contributed by atoms with Crippen molar-refractivity contribution in [1.29, 1.82) is 0 Å². The summed E-state index contributed by atoms with van der Waals surface area (Å²) in [5.74, 6) is -2.73. The van der Waals surface area contributed by atoms with Crippen molar-refractivity contribution in [3.63, 3.8) is 0 Å². The minimum absolute atomic E-state index is 0. The predicted octanol–water partition coefficient (Wildman–Crippen LogP) is 1.58. The zero-order chi connectivity index (χ0) is 12.6. The van der Waals surface area contributed by atoms with Crippen molar-refractivity contribution in [3.05, 3.63) is 35.1 Å². The molecule has 92 valence electrons. The molecule has 0 aliphatic rings. The topological polar surface area (TPSA) is 54.4 Å². The fourth-order valence-corrected chi connectivity index (χ4v) is 1.81. The molecule has 9 heteroatoms. The van der Waals surface area contributed by atoms with Crippen LogP contribution in [0.3, 0.4) is 0 Å². The van der Waals surface area contributed by atoms with Gasteiger partial charge in [-0.05, 0) is 12.1 Å². The van der Waals surface area contributed by atoms with E-state index in [0.717, 1.165) is 6.07 Å². The number of benzene rings is 1. The van der Waals surface area contributed by atoms with Gasteiger partial charge in [-0.25, -0.2) is 4.39 Å². The van der Waals surface area contributed by atoms with E-state index in [1.165, 1.54) is 0 Å². The SMILES string of the molecule is O=S(=O)(O)Cc1c(F)cccc1C(F)(F)F.[NaH]. The first-order valence-corrected chi connectivity index (χ1v) is 5.52. The van der Waals surface area contributed by atoms with Crippen LogP contribution < -0.4 is 0 Å². The van der Waals surface area contributed by atoms with E-state index in [1.54, 1.807) is 0 Å². The third-order valence-corrected chi connectivity index (χ3v) is 2.40. The molecule has 0 saturated heterocycles. The van der Waals surface area contributed by atoms with Gasteiger partial charge in [-0.3, -0.25) is 4.55 Å². The Morgan fingerprint density at radius 1 is 1.24 bits per heavy atom. The standard InChI is InChI=1S/C8H6F4O3S.Na.H/c9-7-3-1-2-6(8(10,11)12)5(7)4-16(13,14)15;;/h1-3H,4H2,(H,13,14,15);;. The summed E-state index contributed by atoms with van der Waals surface area (Å²) in [6.07, 6.45) is -4.87. The molecule has 0 spiro atoms. The molecule has 0 saturated carbocycles. The molecule has 0 aliphatic carbocycles. The van der Waals surface area contributed by atoms with E-state index < -0.39 is 39.0 Å². The van der Waals surface area contributed by atoms with E-state index in [2.05, 4.69) is 0 Å². The molecule has 1 N–H and O–H groups in total. The summed E-state index contributed by atoms with van der Waals surface area (Å²) >= 11 is 0. The number of alkyl halides is 3. The Hall–Kier alpha value is -0.150. The van der Waals surface area contributed by atoms with Gasteiger partial charge in [0.1, 0.15) is 11.6 Å². The zero-order valence-electron chi connectivity index (χ0n) is 7.62. The van der Waals surface area contributed by atoms with Gasteiger partial charge in [-0.1, -0.05) is 6.07 Å². The van der Waals surface area contributed by atoms with Gasteiger partial charge in [0.25, 0.3) is 10.1 Å². The molecule has 1 aromatic carbocycles. The number of rotatable bonds is 2. The summed E-state index contributed by atoms with van der Waals surface area (Å²) in [5, 5.41) is 0. The van der Waals surface area contributed by atoms with Crippen molar-refractivity contribution < 1.29 is 30.5 Å². The Morgan fingerprint density at radius 2 is 1.76 bits per heavy atom. The molecule has 1 aromatic rings. The molecular formula is C8H7F4NaO3S. The molecule has 0 bridgehead atoms. The average Bonchev–Trinajstić information content (AvgIpc) is 2.04. The van der Waals surface area contributed by atoms with Crippen LogP contribution in [0.25, 0.3) is 0 Å². The summed E-state index contributed by atoms with van der Waals surface area (Å²) < 4.78 is 79.4. The Kier molecular flexibility index (Phi) is 5.61. The van der Waals surface area contributed by atoms with Crippen LogP contribution in [0.2, 0.25) is 0 Å². The normalized spacial score (nSPS) is 12.1. The van der Waals surface area contributed by atoms with Crippen molar-refractivity contribution in [2.45, 2.75) is 11.9 Å². The van der Waals surface area contributed by atoms with Gasteiger partial charge in [0, 0.05) is 5.56 Å². The van der Waals surface area contributed by atoms with Crippen LogP contribution in [0.4, 0.5) is 17.6 Å². The maximum atomic E-state index is 13.0. The van der Waals surface area contributed by atoms with E-state index in [1.807, 2.05) is 0 Å². The zero-order valence-corrected chi connectivity index (χ0v) is 8.44. The summed E-state index contributed by atoms with van der Waals surface area (Å²) in [7, 11) is -4.72. The molecule has 0 amide bonds. The van der Waals surface area contributed by atoms with E-state index in [0.29, 0.717) is 12.1 Å². The van der Waals surface area contributed by atoms with E-state index in [9.17, 15) is 26.0 Å². The van der Waals surface area contributed by atoms with Crippen molar-refractivity contribution in [2.24, 2.45) is 0 Å². The Morgan fingerprint density at radius 3 is 2.18 bits per heavy atom. The summed E-state index contributed by atoms with van der Waals surface area (Å²) in [4.78, 5) is 0. The van der Waals surface area contributed by atoms with Crippen molar-refractivity contribution in [3.8, 4) is 0 Å². The summed E-state index contributed by atoms with van der Waals surface area (Å²) in [5.41, 5.74) is -2.50. The van der Waals surface area contributed by atoms with Crippen LogP contribution in [-0.4, -0.2) is 42.5 Å². The summed E-state index contributed by atoms with van der Waals surface area (Å²) in [6.45, 7) is 0. The number of hydrogen-bond acceptors (Lipinski definition) is 2. The molecule has 0 radical (unpaired) electrons. The molecule has 0 aromatic heterocycles. The van der Waals surface area contributed by atoms with Gasteiger partial charge in [0.05, 0.1) is 5.56 Å². The van der Waals surface area contributed by atoms with Crippen LogP contribution in [-0.2, 0) is 22.0 Å². The minimum atomic E-state index is -4.87. The van der Waals surface area contributed by atoms with Gasteiger partial charge in [-0.2, -0.15) is 21.6 Å². The van der Waals surface area contributed by atoms with E-state index in [4.69, 9.17) is 4.55 Å². The Bertz CT molecular complexity index is 498. The number of hydrogen-bond donors (Lipinski definition) is 1. The average molecular weight is 282 g/mol. The molecule has 3 nitrogen and oxygen atoms in total. The molecule has 0 unspecified atom stereocenters. The number of halogens is 4. The third-order valence-electron chi connectivity index (χ3n) is 1.75. The third kappa shape index (κ3) is 4.92. The Balaban J connectivity index is 0.00000256. The molecular weight excluding hydrogens is 275 g/mol. The van der Waals surface area contributed by atoms with Gasteiger partial charge >= 0.3 is 35.7 Å². The fourth-order valence-electron chi connectivity index (χ4n) is 1.15. The van der Waals surface area contributed by atoms with Crippen LogP contribution in [0.15, 0.2) is 18.2 Å². The Labute approximate surface area is 117 Å². The monoisotopic (exact) mass is 282 g/mol. The first kappa shape index (κ1) is 16.9. The fraction of sp³-hybridized carbons (Fsp3) is 0.250. The second-order valence-corrected chi connectivity index (χ2v) is 4.44. The van der Waals surface area contributed by atoms with Crippen LogP contribution in [0.1, 0.15) is 11.1 Å². The van der Waals surface area contributed by atoms with E-state index in [-0.39, 0.29) is 29.6 Å². The van der Waals surface area contributed by atoms with Gasteiger partial charge < -0.3 is 0 Å². The van der Waals surface area contributed by atoms with Crippen molar-refractivity contribution in [1.82, 2.24) is 0 Å². The van der Waals surface area contributed by atoms with Crippen LogP contribution >= 0.6 is 0 Å². The van der Waals surface area contributed by atoms with Crippen molar-refractivity contribution in [2.75, 3.05) is 0 Å². The van der Waals surface area contributed by atoms with Gasteiger partial charge in [0.2, 0.25) is 0 Å².